The Balaban J connectivity index is 1.95. The van der Waals surface area contributed by atoms with Gasteiger partial charge in [0, 0.05) is 23.6 Å². The minimum atomic E-state index is -0.879. The lowest BCUT2D eigenvalue weighted by molar-refractivity contribution is -0.157. The highest BCUT2D eigenvalue weighted by molar-refractivity contribution is 6.30. The number of benzene rings is 1. The van der Waals surface area contributed by atoms with Gasteiger partial charge in [0.15, 0.2) is 0 Å². The van der Waals surface area contributed by atoms with Crippen molar-refractivity contribution in [1.82, 2.24) is 5.32 Å². The fourth-order valence-electron chi connectivity index (χ4n) is 2.60. The normalized spacial score (nSPS) is 15.7. The maximum absolute atomic E-state index is 12.0. The predicted octanol–water partition coefficient (Wildman–Crippen LogP) is 3.00. The summed E-state index contributed by atoms with van der Waals surface area (Å²) < 4.78 is 5.49. The largest absolute Gasteiger partial charge is 0.493 e. The van der Waals surface area contributed by atoms with Gasteiger partial charge >= 0.3 is 5.97 Å². The molecule has 1 amide bonds. The molecule has 1 aromatic rings. The third kappa shape index (κ3) is 3.71. The van der Waals surface area contributed by atoms with Crippen molar-refractivity contribution in [3.05, 3.63) is 28.8 Å². The number of carboxylic acids is 1. The topological polar surface area (TPSA) is 75.6 Å². The van der Waals surface area contributed by atoms with Gasteiger partial charge in [0.1, 0.15) is 5.75 Å². The predicted molar refractivity (Wildman–Crippen MR) is 83.0 cm³/mol. The van der Waals surface area contributed by atoms with Crippen LogP contribution >= 0.6 is 11.6 Å². The number of hydrogen-bond acceptors (Lipinski definition) is 3. The number of nitrogens with one attached hydrogen (secondary N) is 1. The molecule has 0 unspecified atom stereocenters. The van der Waals surface area contributed by atoms with Crippen molar-refractivity contribution in [2.75, 3.05) is 6.61 Å². The quantitative estimate of drug-likeness (QED) is 0.808. The summed E-state index contributed by atoms with van der Waals surface area (Å²) >= 11 is 5.93. The monoisotopic (exact) mass is 325 g/mol. The molecule has 0 saturated heterocycles. The standard InChI is InChI=1S/C16H20ClNO4/c1-2-22-13-8-12(17)5-4-11(13)10-18-14(19)9-16(15(20)21)6-3-7-16/h4-5,8H,2-3,6-7,9-10H2,1H3,(H,18,19)(H,20,21). The van der Waals surface area contributed by atoms with E-state index in [0.29, 0.717) is 36.8 Å². The van der Waals surface area contributed by atoms with E-state index < -0.39 is 11.4 Å². The van der Waals surface area contributed by atoms with E-state index in [9.17, 15) is 14.7 Å². The van der Waals surface area contributed by atoms with Gasteiger partial charge in [-0.25, -0.2) is 0 Å². The maximum Gasteiger partial charge on any atom is 0.310 e. The van der Waals surface area contributed by atoms with E-state index in [1.54, 1.807) is 18.2 Å². The number of aliphatic carboxylic acids is 1. The molecule has 1 aromatic carbocycles. The molecule has 0 bridgehead atoms. The zero-order chi connectivity index (χ0) is 16.2. The Hall–Kier alpha value is -1.75. The first-order chi connectivity index (χ1) is 10.5. The van der Waals surface area contributed by atoms with Gasteiger partial charge in [-0.3, -0.25) is 9.59 Å². The van der Waals surface area contributed by atoms with Crippen LogP contribution in [0.25, 0.3) is 0 Å². The minimum Gasteiger partial charge on any atom is -0.493 e. The summed E-state index contributed by atoms with van der Waals surface area (Å²) in [5.41, 5.74) is -0.0510. The SMILES string of the molecule is CCOc1cc(Cl)ccc1CNC(=O)CC1(C(=O)O)CCC1. The van der Waals surface area contributed by atoms with Crippen LogP contribution in [0.15, 0.2) is 18.2 Å². The molecular formula is C16H20ClNO4. The van der Waals surface area contributed by atoms with Gasteiger partial charge in [0.05, 0.1) is 12.0 Å². The molecule has 22 heavy (non-hydrogen) atoms. The molecule has 1 fully saturated rings. The van der Waals surface area contributed by atoms with E-state index in [0.717, 1.165) is 12.0 Å². The van der Waals surface area contributed by atoms with Crippen LogP contribution in [0.2, 0.25) is 5.02 Å². The lowest BCUT2D eigenvalue weighted by Gasteiger charge is -2.36. The number of halogens is 1. The summed E-state index contributed by atoms with van der Waals surface area (Å²) in [5, 5.41) is 12.6. The Morgan fingerprint density at radius 3 is 2.68 bits per heavy atom. The van der Waals surface area contributed by atoms with Crippen molar-refractivity contribution < 1.29 is 19.4 Å². The lowest BCUT2D eigenvalue weighted by atomic mass is 9.66. The highest BCUT2D eigenvalue weighted by Gasteiger charge is 2.45. The molecule has 0 atom stereocenters. The van der Waals surface area contributed by atoms with E-state index >= 15 is 0 Å². The van der Waals surface area contributed by atoms with Gasteiger partial charge in [0.2, 0.25) is 5.91 Å². The molecule has 0 aliphatic heterocycles. The molecular weight excluding hydrogens is 306 g/mol. The Morgan fingerprint density at radius 1 is 1.41 bits per heavy atom. The molecule has 6 heteroatoms. The highest BCUT2D eigenvalue weighted by atomic mass is 35.5. The molecule has 0 spiro atoms. The first kappa shape index (κ1) is 16.6. The first-order valence-corrected chi connectivity index (χ1v) is 7.76. The second-order valence-corrected chi connectivity index (χ2v) is 6.01. The van der Waals surface area contributed by atoms with Crippen LogP contribution in [0.4, 0.5) is 0 Å². The Bertz CT molecular complexity index is 569. The summed E-state index contributed by atoms with van der Waals surface area (Å²) in [5.74, 6) is -0.498. The molecule has 0 heterocycles. The number of hydrogen-bond donors (Lipinski definition) is 2. The van der Waals surface area contributed by atoms with E-state index in [1.165, 1.54) is 0 Å². The number of ether oxygens (including phenoxy) is 1. The summed E-state index contributed by atoms with van der Waals surface area (Å²) in [6, 6.07) is 5.23. The minimum absolute atomic E-state index is 0.0277. The molecule has 5 nitrogen and oxygen atoms in total. The van der Waals surface area contributed by atoms with Crippen molar-refractivity contribution in [2.45, 2.75) is 39.2 Å². The van der Waals surface area contributed by atoms with Gasteiger partial charge in [-0.2, -0.15) is 0 Å². The van der Waals surface area contributed by atoms with Crippen molar-refractivity contribution in [2.24, 2.45) is 5.41 Å². The molecule has 0 aromatic heterocycles. The molecule has 2 N–H and O–H groups in total. The van der Waals surface area contributed by atoms with Crippen LogP contribution in [-0.2, 0) is 16.1 Å². The zero-order valence-corrected chi connectivity index (χ0v) is 13.3. The Kier molecular flexibility index (Phi) is 5.29. The molecule has 1 aliphatic carbocycles. The van der Waals surface area contributed by atoms with Crippen molar-refractivity contribution in [3.63, 3.8) is 0 Å². The van der Waals surface area contributed by atoms with Gasteiger partial charge in [0.25, 0.3) is 0 Å². The number of amides is 1. The second kappa shape index (κ2) is 7.01. The van der Waals surface area contributed by atoms with E-state index in [2.05, 4.69) is 5.32 Å². The van der Waals surface area contributed by atoms with Crippen LogP contribution in [0.1, 0.15) is 38.2 Å². The van der Waals surface area contributed by atoms with E-state index in [1.807, 2.05) is 6.92 Å². The van der Waals surface area contributed by atoms with Crippen LogP contribution in [0, 0.1) is 5.41 Å². The Morgan fingerprint density at radius 2 is 2.14 bits per heavy atom. The number of carbonyl (C=O) groups excluding carboxylic acids is 1. The number of carboxylic acid groups (broad SMARTS) is 1. The third-order valence-electron chi connectivity index (χ3n) is 4.07. The smallest absolute Gasteiger partial charge is 0.310 e. The molecule has 2 rings (SSSR count). The maximum atomic E-state index is 12.0. The molecule has 120 valence electrons. The fraction of sp³-hybridized carbons (Fsp3) is 0.500. The summed E-state index contributed by atoms with van der Waals surface area (Å²) in [7, 11) is 0. The average Bonchev–Trinajstić information content (AvgIpc) is 2.42. The number of carbonyl (C=O) groups is 2. The first-order valence-electron chi connectivity index (χ1n) is 7.38. The third-order valence-corrected chi connectivity index (χ3v) is 4.30. The van der Waals surface area contributed by atoms with Crippen LogP contribution in [0.3, 0.4) is 0 Å². The van der Waals surface area contributed by atoms with Crippen molar-refractivity contribution in [1.29, 1.82) is 0 Å². The van der Waals surface area contributed by atoms with Crippen molar-refractivity contribution in [3.8, 4) is 5.75 Å². The summed E-state index contributed by atoms with van der Waals surface area (Å²) in [6.07, 6.45) is 2.03. The average molecular weight is 326 g/mol. The van der Waals surface area contributed by atoms with Crippen LogP contribution < -0.4 is 10.1 Å². The molecule has 0 radical (unpaired) electrons. The molecule has 1 aliphatic rings. The van der Waals surface area contributed by atoms with Gasteiger partial charge in [-0.15, -0.1) is 0 Å². The van der Waals surface area contributed by atoms with Gasteiger partial charge in [-0.1, -0.05) is 24.1 Å². The zero-order valence-electron chi connectivity index (χ0n) is 12.5. The van der Waals surface area contributed by atoms with Gasteiger partial charge in [-0.05, 0) is 31.9 Å². The summed E-state index contributed by atoms with van der Waals surface area (Å²) in [4.78, 5) is 23.3. The Labute approximate surface area is 134 Å². The van der Waals surface area contributed by atoms with Crippen LogP contribution in [0.5, 0.6) is 5.75 Å². The molecule has 1 saturated carbocycles. The highest BCUT2D eigenvalue weighted by Crippen LogP contribution is 2.44. The fourth-order valence-corrected chi connectivity index (χ4v) is 2.76. The van der Waals surface area contributed by atoms with Crippen LogP contribution in [-0.4, -0.2) is 23.6 Å². The van der Waals surface area contributed by atoms with E-state index in [-0.39, 0.29) is 12.3 Å². The second-order valence-electron chi connectivity index (χ2n) is 5.58. The van der Waals surface area contributed by atoms with Crippen molar-refractivity contribution >= 4 is 23.5 Å². The summed E-state index contributed by atoms with van der Waals surface area (Å²) in [6.45, 7) is 2.67. The lowest BCUT2D eigenvalue weighted by Crippen LogP contribution is -2.42. The van der Waals surface area contributed by atoms with Gasteiger partial charge < -0.3 is 15.2 Å². The van der Waals surface area contributed by atoms with E-state index in [4.69, 9.17) is 16.3 Å². The number of rotatable bonds is 7.